The average Bonchev–Trinajstić information content (AvgIpc) is 2.62. The van der Waals surface area contributed by atoms with Crippen molar-refractivity contribution in [1.29, 1.82) is 0 Å². The van der Waals surface area contributed by atoms with E-state index in [2.05, 4.69) is 24.1 Å². The van der Waals surface area contributed by atoms with E-state index in [4.69, 9.17) is 0 Å². The lowest BCUT2D eigenvalue weighted by molar-refractivity contribution is -0.135. The molecule has 0 bridgehead atoms. The Labute approximate surface area is 156 Å². The van der Waals surface area contributed by atoms with Gasteiger partial charge in [-0.2, -0.15) is 0 Å². The molecule has 0 spiro atoms. The molecule has 2 aliphatic heterocycles. The van der Waals surface area contributed by atoms with E-state index in [9.17, 15) is 9.59 Å². The predicted molar refractivity (Wildman–Crippen MR) is 103 cm³/mol. The van der Waals surface area contributed by atoms with Crippen LogP contribution in [0.5, 0.6) is 0 Å². The molecule has 0 saturated carbocycles. The van der Waals surface area contributed by atoms with Crippen LogP contribution in [-0.4, -0.2) is 72.5 Å². The summed E-state index contributed by atoms with van der Waals surface area (Å²) in [6.07, 6.45) is 1.21. The Kier molecular flexibility index (Phi) is 6.14. The molecule has 2 aliphatic rings. The molecule has 2 heterocycles. The highest BCUT2D eigenvalue weighted by Crippen LogP contribution is 2.21. The summed E-state index contributed by atoms with van der Waals surface area (Å²) in [6.45, 7) is 9.45. The number of para-hydroxylation sites is 1. The fraction of sp³-hybridized carbons (Fsp3) is 0.600. The van der Waals surface area contributed by atoms with Gasteiger partial charge < -0.3 is 15.1 Å². The van der Waals surface area contributed by atoms with Crippen LogP contribution in [-0.2, 0) is 4.79 Å². The van der Waals surface area contributed by atoms with Gasteiger partial charge in [-0.3, -0.25) is 9.69 Å². The van der Waals surface area contributed by atoms with Gasteiger partial charge in [-0.25, -0.2) is 4.79 Å². The van der Waals surface area contributed by atoms with Crippen LogP contribution >= 0.6 is 0 Å². The lowest BCUT2D eigenvalue weighted by Crippen LogP contribution is -2.53. The molecule has 1 aromatic rings. The molecule has 3 amide bonds. The zero-order valence-corrected chi connectivity index (χ0v) is 15.9. The van der Waals surface area contributed by atoms with Crippen LogP contribution < -0.4 is 5.32 Å². The summed E-state index contributed by atoms with van der Waals surface area (Å²) < 4.78 is 0. The largest absolute Gasteiger partial charge is 0.341 e. The van der Waals surface area contributed by atoms with E-state index in [1.807, 2.05) is 40.1 Å². The summed E-state index contributed by atoms with van der Waals surface area (Å²) in [5.41, 5.74) is 0.809. The van der Waals surface area contributed by atoms with E-state index in [-0.39, 0.29) is 11.9 Å². The third-order valence-electron chi connectivity index (χ3n) is 5.26. The van der Waals surface area contributed by atoms with Crippen LogP contribution in [0.4, 0.5) is 10.5 Å². The van der Waals surface area contributed by atoms with Gasteiger partial charge in [0.2, 0.25) is 5.91 Å². The standard InChI is InChI=1S/C20H30N4O2/c1-16-12-17(2)14-24(13-16)19(25)15-22-8-10-23(11-9-22)20(26)21-18-6-4-3-5-7-18/h3-7,16-17H,8-15H2,1-2H3,(H,21,26). The van der Waals surface area contributed by atoms with Gasteiger partial charge in [0.25, 0.3) is 0 Å². The molecule has 142 valence electrons. The van der Waals surface area contributed by atoms with E-state index >= 15 is 0 Å². The van der Waals surface area contributed by atoms with Crippen molar-refractivity contribution < 1.29 is 9.59 Å². The highest BCUT2D eigenvalue weighted by Gasteiger charge is 2.28. The van der Waals surface area contributed by atoms with Gasteiger partial charge in [0.1, 0.15) is 0 Å². The lowest BCUT2D eigenvalue weighted by Gasteiger charge is -2.38. The number of piperidine rings is 1. The van der Waals surface area contributed by atoms with Crippen molar-refractivity contribution >= 4 is 17.6 Å². The topological polar surface area (TPSA) is 55.9 Å². The number of anilines is 1. The number of piperazine rings is 1. The maximum Gasteiger partial charge on any atom is 0.321 e. The first-order valence-electron chi connectivity index (χ1n) is 9.62. The first kappa shape index (κ1) is 18.7. The molecular formula is C20H30N4O2. The Morgan fingerprint density at radius 3 is 2.19 bits per heavy atom. The Balaban J connectivity index is 1.43. The maximum absolute atomic E-state index is 12.6. The third kappa shape index (κ3) is 4.97. The highest BCUT2D eigenvalue weighted by atomic mass is 16.2. The minimum atomic E-state index is -0.0687. The lowest BCUT2D eigenvalue weighted by atomic mass is 9.92. The van der Waals surface area contributed by atoms with Gasteiger partial charge >= 0.3 is 6.03 Å². The van der Waals surface area contributed by atoms with Gasteiger partial charge in [-0.05, 0) is 30.4 Å². The molecule has 0 aliphatic carbocycles. The Bertz CT molecular complexity index is 603. The van der Waals surface area contributed by atoms with Crippen LogP contribution in [0.25, 0.3) is 0 Å². The quantitative estimate of drug-likeness (QED) is 0.902. The fourth-order valence-corrected chi connectivity index (χ4v) is 3.99. The Morgan fingerprint density at radius 2 is 1.58 bits per heavy atom. The van der Waals surface area contributed by atoms with Crippen molar-refractivity contribution in [3.8, 4) is 0 Å². The number of nitrogens with one attached hydrogen (secondary N) is 1. The van der Waals surface area contributed by atoms with Gasteiger partial charge in [-0.1, -0.05) is 32.0 Å². The van der Waals surface area contributed by atoms with Crippen molar-refractivity contribution in [3.05, 3.63) is 30.3 Å². The number of likely N-dealkylation sites (tertiary alicyclic amines) is 1. The zero-order chi connectivity index (χ0) is 18.5. The van der Waals surface area contributed by atoms with Gasteiger partial charge in [0, 0.05) is 45.0 Å². The smallest absolute Gasteiger partial charge is 0.321 e. The molecule has 1 aromatic carbocycles. The second-order valence-corrected chi connectivity index (χ2v) is 7.80. The zero-order valence-electron chi connectivity index (χ0n) is 15.9. The summed E-state index contributed by atoms with van der Waals surface area (Å²) in [6, 6.07) is 9.43. The normalized spacial score (nSPS) is 24.4. The molecule has 1 N–H and O–H groups in total. The maximum atomic E-state index is 12.6. The molecule has 0 aromatic heterocycles. The van der Waals surface area contributed by atoms with Crippen LogP contribution in [0.2, 0.25) is 0 Å². The van der Waals surface area contributed by atoms with E-state index in [0.29, 0.717) is 31.5 Å². The second-order valence-electron chi connectivity index (χ2n) is 7.80. The minimum Gasteiger partial charge on any atom is -0.341 e. The molecule has 3 rings (SSSR count). The third-order valence-corrected chi connectivity index (χ3v) is 5.26. The van der Waals surface area contributed by atoms with Crippen molar-refractivity contribution in [1.82, 2.24) is 14.7 Å². The van der Waals surface area contributed by atoms with E-state index in [1.165, 1.54) is 6.42 Å². The number of hydrogen-bond acceptors (Lipinski definition) is 3. The summed E-state index contributed by atoms with van der Waals surface area (Å²) >= 11 is 0. The van der Waals surface area contributed by atoms with Crippen molar-refractivity contribution in [2.24, 2.45) is 11.8 Å². The summed E-state index contributed by atoms with van der Waals surface area (Å²) in [4.78, 5) is 30.9. The van der Waals surface area contributed by atoms with E-state index < -0.39 is 0 Å². The molecule has 6 heteroatoms. The first-order valence-corrected chi connectivity index (χ1v) is 9.62. The number of carbonyl (C=O) groups is 2. The minimum absolute atomic E-state index is 0.0687. The molecule has 2 fully saturated rings. The highest BCUT2D eigenvalue weighted by molar-refractivity contribution is 5.89. The van der Waals surface area contributed by atoms with E-state index in [0.717, 1.165) is 31.9 Å². The van der Waals surface area contributed by atoms with Crippen molar-refractivity contribution in [3.63, 3.8) is 0 Å². The fourth-order valence-electron chi connectivity index (χ4n) is 3.99. The molecule has 2 saturated heterocycles. The summed E-state index contributed by atoms with van der Waals surface area (Å²) in [7, 11) is 0. The molecular weight excluding hydrogens is 328 g/mol. The number of amides is 3. The van der Waals surface area contributed by atoms with Crippen molar-refractivity contribution in [2.75, 3.05) is 51.1 Å². The number of benzene rings is 1. The SMILES string of the molecule is CC1CC(C)CN(C(=O)CN2CCN(C(=O)Nc3ccccc3)CC2)C1. The van der Waals surface area contributed by atoms with Crippen molar-refractivity contribution in [2.45, 2.75) is 20.3 Å². The van der Waals surface area contributed by atoms with Crippen LogP contribution in [0.15, 0.2) is 30.3 Å². The first-order chi connectivity index (χ1) is 12.5. The monoisotopic (exact) mass is 358 g/mol. The summed E-state index contributed by atoms with van der Waals surface area (Å²) in [5.74, 6) is 1.40. The molecule has 6 nitrogen and oxygen atoms in total. The van der Waals surface area contributed by atoms with Crippen LogP contribution in [0.3, 0.4) is 0 Å². The summed E-state index contributed by atoms with van der Waals surface area (Å²) in [5, 5.41) is 2.92. The number of carbonyl (C=O) groups excluding carboxylic acids is 2. The number of urea groups is 1. The number of hydrogen-bond donors (Lipinski definition) is 1. The number of nitrogens with zero attached hydrogens (tertiary/aromatic N) is 3. The van der Waals surface area contributed by atoms with Gasteiger partial charge in [0.15, 0.2) is 0 Å². The van der Waals surface area contributed by atoms with Gasteiger partial charge in [-0.15, -0.1) is 0 Å². The molecule has 2 atom stereocenters. The Hall–Kier alpha value is -2.08. The molecule has 0 radical (unpaired) electrons. The molecule has 2 unspecified atom stereocenters. The Morgan fingerprint density at radius 1 is 0.962 bits per heavy atom. The van der Waals surface area contributed by atoms with Crippen LogP contribution in [0.1, 0.15) is 20.3 Å². The average molecular weight is 358 g/mol. The number of rotatable bonds is 3. The van der Waals surface area contributed by atoms with Gasteiger partial charge in [0.05, 0.1) is 6.54 Å². The van der Waals surface area contributed by atoms with Crippen LogP contribution in [0, 0.1) is 11.8 Å². The van der Waals surface area contributed by atoms with E-state index in [1.54, 1.807) is 0 Å². The second kappa shape index (κ2) is 8.54. The molecule has 26 heavy (non-hydrogen) atoms. The predicted octanol–water partition coefficient (Wildman–Crippen LogP) is 2.34.